The molecule has 1 saturated heterocycles. The van der Waals surface area contributed by atoms with Gasteiger partial charge >= 0.3 is 0 Å². The molecular weight excluding hydrogens is 544 g/mol. The number of amides is 2. The van der Waals surface area contributed by atoms with Crippen LogP contribution in [0.3, 0.4) is 0 Å². The molecule has 2 amide bonds. The quantitative estimate of drug-likeness (QED) is 0.290. The summed E-state index contributed by atoms with van der Waals surface area (Å²) in [5.74, 6) is -2.46. The van der Waals surface area contributed by atoms with Gasteiger partial charge in [-0.2, -0.15) is 9.49 Å². The minimum absolute atomic E-state index is 0.0303. The number of benzene rings is 2. The van der Waals surface area contributed by atoms with Crippen LogP contribution < -0.4 is 16.0 Å². The minimum Gasteiger partial charge on any atom is -0.377 e. The lowest BCUT2D eigenvalue weighted by Gasteiger charge is -2.25. The van der Waals surface area contributed by atoms with Crippen LogP contribution in [0.4, 0.5) is 20.3 Å². The summed E-state index contributed by atoms with van der Waals surface area (Å²) < 4.78 is 37.0. The fraction of sp³-hybridized carbons (Fsp3) is 0.233. The third kappa shape index (κ3) is 4.90. The molecule has 4 heterocycles. The number of ether oxygens (including phenoxy) is 1. The lowest BCUT2D eigenvalue weighted by atomic mass is 10.0. The Balaban J connectivity index is 1.25. The zero-order chi connectivity index (χ0) is 28.8. The van der Waals surface area contributed by atoms with Crippen molar-refractivity contribution >= 4 is 29.0 Å². The van der Waals surface area contributed by atoms with Crippen LogP contribution in [0.15, 0.2) is 71.9 Å². The summed E-state index contributed by atoms with van der Waals surface area (Å²) in [6.07, 6.45) is 2.09. The van der Waals surface area contributed by atoms with Gasteiger partial charge < -0.3 is 20.7 Å². The molecule has 3 N–H and O–H groups in total. The largest absolute Gasteiger partial charge is 0.377 e. The summed E-state index contributed by atoms with van der Waals surface area (Å²) in [5, 5.41) is 12.9. The summed E-state index contributed by atoms with van der Waals surface area (Å²) >= 11 is 0. The molecule has 212 valence electrons. The van der Waals surface area contributed by atoms with E-state index in [1.807, 2.05) is 6.07 Å². The van der Waals surface area contributed by atoms with Crippen molar-refractivity contribution in [2.24, 2.45) is 4.99 Å². The van der Waals surface area contributed by atoms with Gasteiger partial charge in [-0.1, -0.05) is 42.5 Å². The zero-order valence-corrected chi connectivity index (χ0v) is 22.2. The highest BCUT2D eigenvalue weighted by atomic mass is 19.1. The molecule has 3 aliphatic rings. The van der Waals surface area contributed by atoms with Crippen molar-refractivity contribution in [2.75, 3.05) is 23.8 Å². The van der Waals surface area contributed by atoms with E-state index >= 15 is 4.39 Å². The zero-order valence-electron chi connectivity index (χ0n) is 22.2. The minimum atomic E-state index is -1.42. The van der Waals surface area contributed by atoms with Crippen molar-refractivity contribution < 1.29 is 23.1 Å². The van der Waals surface area contributed by atoms with Gasteiger partial charge in [-0.25, -0.2) is 14.4 Å². The summed E-state index contributed by atoms with van der Waals surface area (Å²) in [5.41, 5.74) is 1.43. The Bertz CT molecular complexity index is 1730. The number of aromatic nitrogens is 3. The Morgan fingerprint density at radius 2 is 1.81 bits per heavy atom. The fourth-order valence-electron chi connectivity index (χ4n) is 4.87. The number of rotatable bonds is 7. The number of nitrogens with one attached hydrogen (secondary N) is 3. The van der Waals surface area contributed by atoms with E-state index in [1.54, 1.807) is 41.1 Å². The number of halogens is 2. The van der Waals surface area contributed by atoms with Crippen LogP contribution in [0.1, 0.15) is 40.4 Å². The van der Waals surface area contributed by atoms with Gasteiger partial charge in [0.15, 0.2) is 0 Å². The smallest absolute Gasteiger partial charge is 0.269 e. The number of nitrogens with zero attached hydrogens (tertiary/aromatic N) is 4. The maximum Gasteiger partial charge on any atom is 0.269 e. The van der Waals surface area contributed by atoms with Gasteiger partial charge in [-0.15, -0.1) is 0 Å². The lowest BCUT2D eigenvalue weighted by Crippen LogP contribution is -2.42. The molecule has 1 aliphatic carbocycles. The predicted octanol–water partition coefficient (Wildman–Crippen LogP) is 3.91. The maximum absolute atomic E-state index is 15.3. The number of fused-ring (bicyclic) bond motifs is 1. The van der Waals surface area contributed by atoms with Gasteiger partial charge in [0, 0.05) is 23.4 Å². The first-order valence-electron chi connectivity index (χ1n) is 13.6. The molecule has 4 aromatic rings. The van der Waals surface area contributed by atoms with Crippen LogP contribution in [0.5, 0.6) is 0 Å². The SMILES string of the molecule is O=C(N[C@H]1N=C(c2ccccc2)c2cccc(F)c2NC1=O)c1cn(C2COC2)nc1-c1ccc(NC2CC2)nc1F. The third-order valence-corrected chi connectivity index (χ3v) is 7.34. The van der Waals surface area contributed by atoms with E-state index in [9.17, 15) is 14.0 Å². The van der Waals surface area contributed by atoms with Gasteiger partial charge in [0.1, 0.15) is 17.3 Å². The van der Waals surface area contributed by atoms with Crippen LogP contribution in [0.25, 0.3) is 11.3 Å². The summed E-state index contributed by atoms with van der Waals surface area (Å²) in [7, 11) is 0. The van der Waals surface area contributed by atoms with Crippen LogP contribution in [0.2, 0.25) is 0 Å². The molecule has 0 spiro atoms. The van der Waals surface area contributed by atoms with Gasteiger partial charge in [0.2, 0.25) is 12.1 Å². The Hall–Kier alpha value is -4.97. The standard InChI is InChI=1S/C30H25F2N7O3/c31-22-8-4-7-19-24(16-5-2-1-3-6-16)35-28(30(41)36-26(19)22)37-29(40)21-13-39(18-14-42-15-18)38-25(21)20-11-12-23(34-27(20)32)33-17-9-10-17/h1-8,11-13,17-18,28H,9-10,14-15H2,(H,33,34)(H,36,41)(H,37,40)/t28-/m1/s1. The van der Waals surface area contributed by atoms with Gasteiger partial charge in [-0.3, -0.25) is 14.3 Å². The summed E-state index contributed by atoms with van der Waals surface area (Å²) in [6, 6.07) is 16.7. The molecule has 42 heavy (non-hydrogen) atoms. The second-order valence-corrected chi connectivity index (χ2v) is 10.4. The molecule has 12 heteroatoms. The van der Waals surface area contributed by atoms with Crippen molar-refractivity contribution in [1.29, 1.82) is 0 Å². The van der Waals surface area contributed by atoms with E-state index < -0.39 is 29.7 Å². The number of carbonyl (C=O) groups excluding carboxylic acids is 2. The van der Waals surface area contributed by atoms with Crippen LogP contribution in [0, 0.1) is 11.8 Å². The Morgan fingerprint density at radius 1 is 1.00 bits per heavy atom. The lowest BCUT2D eigenvalue weighted by molar-refractivity contribution is -0.117. The molecule has 1 atom stereocenters. The van der Waals surface area contributed by atoms with Crippen molar-refractivity contribution in [2.45, 2.75) is 31.1 Å². The van der Waals surface area contributed by atoms with E-state index in [4.69, 9.17) is 4.74 Å². The van der Waals surface area contributed by atoms with E-state index in [0.717, 1.165) is 12.8 Å². The summed E-state index contributed by atoms with van der Waals surface area (Å²) in [4.78, 5) is 35.6. The number of hydrogen-bond donors (Lipinski definition) is 3. The van der Waals surface area contributed by atoms with Crippen LogP contribution >= 0.6 is 0 Å². The number of aliphatic imine (C=N–C) groups is 1. The van der Waals surface area contributed by atoms with Crippen molar-refractivity contribution in [3.8, 4) is 11.3 Å². The van der Waals surface area contributed by atoms with Crippen LogP contribution in [-0.4, -0.2) is 57.7 Å². The first-order chi connectivity index (χ1) is 20.4. The third-order valence-electron chi connectivity index (χ3n) is 7.34. The molecule has 1 saturated carbocycles. The Morgan fingerprint density at radius 3 is 2.52 bits per heavy atom. The second-order valence-electron chi connectivity index (χ2n) is 10.4. The highest BCUT2D eigenvalue weighted by molar-refractivity contribution is 6.20. The summed E-state index contributed by atoms with van der Waals surface area (Å²) in [6.45, 7) is 0.791. The Labute approximate surface area is 238 Å². The van der Waals surface area contributed by atoms with Gasteiger partial charge in [0.25, 0.3) is 11.8 Å². The molecule has 2 aliphatic heterocycles. The molecule has 2 aromatic carbocycles. The van der Waals surface area contributed by atoms with Crippen molar-refractivity contribution in [1.82, 2.24) is 20.1 Å². The number of anilines is 2. The fourth-order valence-corrected chi connectivity index (χ4v) is 4.87. The molecule has 10 nitrogen and oxygen atoms in total. The molecule has 0 radical (unpaired) electrons. The van der Waals surface area contributed by atoms with Crippen molar-refractivity contribution in [3.63, 3.8) is 0 Å². The maximum atomic E-state index is 15.3. The number of pyridine rings is 1. The molecule has 0 bridgehead atoms. The first-order valence-corrected chi connectivity index (χ1v) is 13.6. The highest BCUT2D eigenvalue weighted by Crippen LogP contribution is 2.31. The molecule has 2 aromatic heterocycles. The van der Waals surface area contributed by atoms with E-state index in [1.165, 1.54) is 24.4 Å². The number of carbonyl (C=O) groups is 2. The topological polar surface area (TPSA) is 123 Å². The predicted molar refractivity (Wildman–Crippen MR) is 150 cm³/mol. The molecule has 0 unspecified atom stereocenters. The Kier molecular flexibility index (Phi) is 6.46. The number of para-hydroxylation sites is 1. The van der Waals surface area contributed by atoms with Gasteiger partial charge in [0.05, 0.1) is 41.8 Å². The molecule has 7 rings (SSSR count). The average Bonchev–Trinajstić information content (AvgIpc) is 3.69. The van der Waals surface area contributed by atoms with Crippen molar-refractivity contribution in [3.05, 3.63) is 95.3 Å². The number of hydrogen-bond acceptors (Lipinski definition) is 7. The second kappa shape index (κ2) is 10.5. The number of benzodiazepines with no additional fused rings is 1. The van der Waals surface area contributed by atoms with Crippen LogP contribution in [-0.2, 0) is 9.53 Å². The monoisotopic (exact) mass is 569 g/mol. The van der Waals surface area contributed by atoms with E-state index in [0.29, 0.717) is 35.9 Å². The average molecular weight is 570 g/mol. The van der Waals surface area contributed by atoms with Gasteiger partial charge in [-0.05, 0) is 31.0 Å². The van der Waals surface area contributed by atoms with E-state index in [2.05, 4.69) is 31.0 Å². The molecule has 2 fully saturated rings. The van der Waals surface area contributed by atoms with E-state index in [-0.39, 0.29) is 34.6 Å². The first kappa shape index (κ1) is 26.0. The highest BCUT2D eigenvalue weighted by Gasteiger charge is 2.32. The normalized spacial score (nSPS) is 18.3. The molecular formula is C30H25F2N7O3.